The quantitative estimate of drug-likeness (QED) is 0.940. The number of aromatic nitrogens is 1. The Morgan fingerprint density at radius 2 is 2.10 bits per heavy atom. The number of aryl methyl sites for hydroxylation is 1. The smallest absolute Gasteiger partial charge is 0.308 e. The highest BCUT2D eigenvalue weighted by Crippen LogP contribution is 2.30. The third-order valence-electron chi connectivity index (χ3n) is 3.89. The van der Waals surface area contributed by atoms with Crippen molar-refractivity contribution < 1.29 is 9.90 Å². The molecule has 1 atom stereocenters. The summed E-state index contributed by atoms with van der Waals surface area (Å²) in [7, 11) is 0. The number of benzene rings is 1. The number of hydrogen-bond acceptors (Lipinski definition) is 3. The lowest BCUT2D eigenvalue weighted by Crippen LogP contribution is -2.38. The summed E-state index contributed by atoms with van der Waals surface area (Å²) in [6, 6.07) is 14.0. The lowest BCUT2D eigenvalue weighted by atomic mass is 9.92. The van der Waals surface area contributed by atoms with Gasteiger partial charge in [-0.25, -0.2) is 0 Å². The maximum absolute atomic E-state index is 11.4. The molecule has 21 heavy (non-hydrogen) atoms. The van der Waals surface area contributed by atoms with E-state index in [-0.39, 0.29) is 5.92 Å². The minimum absolute atomic E-state index is 0.357. The van der Waals surface area contributed by atoms with E-state index in [4.69, 9.17) is 0 Å². The van der Waals surface area contributed by atoms with Gasteiger partial charge in [-0.3, -0.25) is 9.78 Å². The van der Waals surface area contributed by atoms with Gasteiger partial charge in [0, 0.05) is 17.9 Å². The van der Waals surface area contributed by atoms with Gasteiger partial charge in [-0.2, -0.15) is 0 Å². The second-order valence-corrected chi connectivity index (χ2v) is 5.52. The van der Waals surface area contributed by atoms with Crippen LogP contribution < -0.4 is 4.90 Å². The van der Waals surface area contributed by atoms with Gasteiger partial charge < -0.3 is 10.0 Å². The van der Waals surface area contributed by atoms with Gasteiger partial charge in [0.2, 0.25) is 0 Å². The zero-order valence-electron chi connectivity index (χ0n) is 12.0. The maximum atomic E-state index is 11.4. The van der Waals surface area contributed by atoms with Gasteiger partial charge in [0.25, 0.3) is 0 Å². The summed E-state index contributed by atoms with van der Waals surface area (Å²) in [5.74, 6) is -1.09. The van der Waals surface area contributed by atoms with Crippen LogP contribution in [0.1, 0.15) is 17.0 Å². The van der Waals surface area contributed by atoms with Crippen molar-refractivity contribution in [2.75, 3.05) is 11.4 Å². The van der Waals surface area contributed by atoms with Gasteiger partial charge in [-0.05, 0) is 37.1 Å². The largest absolute Gasteiger partial charge is 0.481 e. The van der Waals surface area contributed by atoms with E-state index in [2.05, 4.69) is 16.0 Å². The maximum Gasteiger partial charge on any atom is 0.308 e. The number of aliphatic carboxylic acids is 1. The molecule has 0 saturated heterocycles. The predicted molar refractivity (Wildman–Crippen MR) is 81.3 cm³/mol. The predicted octanol–water partition coefficient (Wildman–Crippen LogP) is 2.65. The number of hydrogen-bond donors (Lipinski definition) is 1. The van der Waals surface area contributed by atoms with Crippen molar-refractivity contribution in [1.82, 2.24) is 4.98 Å². The summed E-state index contributed by atoms with van der Waals surface area (Å²) in [6.07, 6.45) is 0.600. The standard InChI is InChI=1S/C17H18N2O2/c1-12-5-4-7-15(18-12)11-19-10-14(17(20)21)9-13-6-2-3-8-16(13)19/h2-8,14H,9-11H2,1H3,(H,20,21). The van der Waals surface area contributed by atoms with Crippen molar-refractivity contribution in [3.05, 3.63) is 59.4 Å². The highest BCUT2D eigenvalue weighted by Gasteiger charge is 2.28. The van der Waals surface area contributed by atoms with Gasteiger partial charge in [0.05, 0.1) is 18.2 Å². The van der Waals surface area contributed by atoms with E-state index in [1.165, 1.54) is 0 Å². The molecule has 0 spiro atoms. The first-order chi connectivity index (χ1) is 10.1. The van der Waals surface area contributed by atoms with Crippen molar-refractivity contribution in [1.29, 1.82) is 0 Å². The van der Waals surface area contributed by atoms with Gasteiger partial charge in [0.15, 0.2) is 0 Å². The first kappa shape index (κ1) is 13.6. The van der Waals surface area contributed by atoms with Crippen LogP contribution in [0.15, 0.2) is 42.5 Å². The minimum atomic E-state index is -0.730. The normalized spacial score (nSPS) is 17.4. The van der Waals surface area contributed by atoms with Crippen molar-refractivity contribution in [2.24, 2.45) is 5.92 Å². The average molecular weight is 282 g/mol. The first-order valence-corrected chi connectivity index (χ1v) is 7.11. The second-order valence-electron chi connectivity index (χ2n) is 5.52. The van der Waals surface area contributed by atoms with Crippen LogP contribution in [0.4, 0.5) is 5.69 Å². The summed E-state index contributed by atoms with van der Waals surface area (Å²) in [6.45, 7) is 3.14. The third kappa shape index (κ3) is 2.89. The molecule has 1 aliphatic rings. The molecule has 4 heteroatoms. The molecule has 1 unspecified atom stereocenters. The molecule has 1 aromatic heterocycles. The second kappa shape index (κ2) is 5.56. The summed E-state index contributed by atoms with van der Waals surface area (Å²) >= 11 is 0. The van der Waals surface area contributed by atoms with Crippen LogP contribution in [0.3, 0.4) is 0 Å². The number of para-hydroxylation sites is 1. The molecular weight excluding hydrogens is 264 g/mol. The van der Waals surface area contributed by atoms with E-state index in [1.54, 1.807) is 0 Å². The number of carbonyl (C=O) groups is 1. The highest BCUT2D eigenvalue weighted by atomic mass is 16.4. The Bertz CT molecular complexity index is 669. The molecule has 1 aliphatic heterocycles. The van der Waals surface area contributed by atoms with E-state index in [1.807, 2.05) is 43.3 Å². The molecule has 0 bridgehead atoms. The number of pyridine rings is 1. The fraction of sp³-hybridized carbons (Fsp3) is 0.294. The Kier molecular flexibility index (Phi) is 3.60. The van der Waals surface area contributed by atoms with Gasteiger partial charge in [-0.15, -0.1) is 0 Å². The Morgan fingerprint density at radius 1 is 1.29 bits per heavy atom. The number of carboxylic acid groups (broad SMARTS) is 1. The zero-order chi connectivity index (χ0) is 14.8. The molecule has 1 N–H and O–H groups in total. The fourth-order valence-corrected chi connectivity index (χ4v) is 2.88. The molecule has 108 valence electrons. The summed E-state index contributed by atoms with van der Waals surface area (Å²) in [4.78, 5) is 18.0. The highest BCUT2D eigenvalue weighted by molar-refractivity contribution is 5.73. The fourth-order valence-electron chi connectivity index (χ4n) is 2.88. The number of fused-ring (bicyclic) bond motifs is 1. The van der Waals surface area contributed by atoms with Crippen molar-refractivity contribution in [2.45, 2.75) is 19.9 Å². The summed E-state index contributed by atoms with van der Waals surface area (Å²) in [5.41, 5.74) is 4.17. The lowest BCUT2D eigenvalue weighted by molar-refractivity contribution is -0.141. The van der Waals surface area contributed by atoms with E-state index < -0.39 is 5.97 Å². The SMILES string of the molecule is Cc1cccc(CN2CC(C(=O)O)Cc3ccccc32)n1. The molecule has 0 aliphatic carbocycles. The van der Waals surface area contributed by atoms with Gasteiger partial charge in [0.1, 0.15) is 0 Å². The van der Waals surface area contributed by atoms with Gasteiger partial charge in [-0.1, -0.05) is 24.3 Å². The van der Waals surface area contributed by atoms with E-state index in [9.17, 15) is 9.90 Å². The van der Waals surface area contributed by atoms with Crippen LogP contribution >= 0.6 is 0 Å². The molecule has 0 amide bonds. The van der Waals surface area contributed by atoms with Crippen LogP contribution in [0.2, 0.25) is 0 Å². The van der Waals surface area contributed by atoms with E-state index >= 15 is 0 Å². The van der Waals surface area contributed by atoms with Crippen LogP contribution in [0.5, 0.6) is 0 Å². The molecule has 3 rings (SSSR count). The Balaban J connectivity index is 1.91. The van der Waals surface area contributed by atoms with E-state index in [0.717, 1.165) is 22.6 Å². The van der Waals surface area contributed by atoms with Crippen LogP contribution in [0, 0.1) is 12.8 Å². The Hall–Kier alpha value is -2.36. The molecule has 0 radical (unpaired) electrons. The molecule has 0 saturated carbocycles. The van der Waals surface area contributed by atoms with Crippen molar-refractivity contribution in [3.63, 3.8) is 0 Å². The topological polar surface area (TPSA) is 53.4 Å². The molecule has 4 nitrogen and oxygen atoms in total. The summed E-state index contributed by atoms with van der Waals surface area (Å²) in [5, 5.41) is 9.35. The zero-order valence-corrected chi connectivity index (χ0v) is 12.0. The minimum Gasteiger partial charge on any atom is -0.481 e. The lowest BCUT2D eigenvalue weighted by Gasteiger charge is -2.34. The van der Waals surface area contributed by atoms with Crippen LogP contribution in [-0.2, 0) is 17.8 Å². The Labute approximate surface area is 124 Å². The average Bonchev–Trinajstić information content (AvgIpc) is 2.47. The third-order valence-corrected chi connectivity index (χ3v) is 3.89. The van der Waals surface area contributed by atoms with Crippen molar-refractivity contribution in [3.8, 4) is 0 Å². The number of carboxylic acids is 1. The van der Waals surface area contributed by atoms with Crippen LogP contribution in [0.25, 0.3) is 0 Å². The number of anilines is 1. The first-order valence-electron chi connectivity index (χ1n) is 7.11. The molecule has 0 fully saturated rings. The molecule has 1 aromatic carbocycles. The van der Waals surface area contributed by atoms with Crippen molar-refractivity contribution >= 4 is 11.7 Å². The van der Waals surface area contributed by atoms with Gasteiger partial charge >= 0.3 is 5.97 Å². The summed E-state index contributed by atoms with van der Waals surface area (Å²) < 4.78 is 0. The van der Waals surface area contributed by atoms with E-state index in [0.29, 0.717) is 19.5 Å². The number of rotatable bonds is 3. The molecular formula is C17H18N2O2. The monoisotopic (exact) mass is 282 g/mol. The number of nitrogens with zero attached hydrogens (tertiary/aromatic N) is 2. The Morgan fingerprint density at radius 3 is 2.86 bits per heavy atom. The molecule has 2 heterocycles. The van der Waals surface area contributed by atoms with Crippen LogP contribution in [-0.4, -0.2) is 22.6 Å². The molecule has 2 aromatic rings.